The van der Waals surface area contributed by atoms with Crippen LogP contribution < -0.4 is 5.32 Å². The number of benzene rings is 1. The molecule has 2 aromatic rings. The molecule has 0 radical (unpaired) electrons. The lowest BCUT2D eigenvalue weighted by Crippen LogP contribution is -2.38. The molecule has 0 bridgehead atoms. The number of nitrogens with one attached hydrogen (secondary N) is 1. The van der Waals surface area contributed by atoms with Crippen molar-refractivity contribution in [3.8, 4) is 0 Å². The van der Waals surface area contributed by atoms with Crippen molar-refractivity contribution in [3.63, 3.8) is 0 Å². The summed E-state index contributed by atoms with van der Waals surface area (Å²) in [5.74, 6) is 0.0314. The van der Waals surface area contributed by atoms with Crippen LogP contribution in [0.4, 0.5) is 0 Å². The molecular formula is C17H19BrN2O. The molecule has 1 heterocycles. The highest BCUT2D eigenvalue weighted by molar-refractivity contribution is 9.10. The normalized spacial score (nSPS) is 11.2. The Balaban J connectivity index is 1.98. The lowest BCUT2D eigenvalue weighted by molar-refractivity contribution is -0.129. The standard InChI is InChI=1S/C17H19BrN2O/c1-17(2,11-13-7-3-4-9-15(13)18)16(21)20-12-14-8-5-6-10-19-14/h3-10H,11-12H2,1-2H3,(H,20,21). The van der Waals surface area contributed by atoms with Crippen molar-refractivity contribution in [1.82, 2.24) is 10.3 Å². The zero-order valence-electron chi connectivity index (χ0n) is 12.3. The molecule has 1 N–H and O–H groups in total. The Bertz CT molecular complexity index is 611. The van der Waals surface area contributed by atoms with E-state index in [0.29, 0.717) is 13.0 Å². The third kappa shape index (κ3) is 4.39. The quantitative estimate of drug-likeness (QED) is 0.896. The maximum Gasteiger partial charge on any atom is 0.226 e. The van der Waals surface area contributed by atoms with Crippen molar-refractivity contribution in [2.24, 2.45) is 5.41 Å². The van der Waals surface area contributed by atoms with Gasteiger partial charge >= 0.3 is 0 Å². The highest BCUT2D eigenvalue weighted by Gasteiger charge is 2.28. The number of hydrogen-bond donors (Lipinski definition) is 1. The molecule has 0 spiro atoms. The molecule has 0 fully saturated rings. The third-order valence-electron chi connectivity index (χ3n) is 3.36. The molecule has 0 aliphatic carbocycles. The number of halogens is 1. The van der Waals surface area contributed by atoms with E-state index in [1.807, 2.05) is 56.3 Å². The molecule has 4 heteroatoms. The van der Waals surface area contributed by atoms with Gasteiger partial charge in [-0.25, -0.2) is 0 Å². The first-order chi connectivity index (χ1) is 9.99. The Kier molecular flexibility index (Phi) is 5.12. The molecule has 110 valence electrons. The van der Waals surface area contributed by atoms with Crippen molar-refractivity contribution in [3.05, 3.63) is 64.4 Å². The predicted molar refractivity (Wildman–Crippen MR) is 87.7 cm³/mol. The van der Waals surface area contributed by atoms with E-state index in [9.17, 15) is 4.79 Å². The zero-order chi connectivity index (χ0) is 15.3. The summed E-state index contributed by atoms with van der Waals surface area (Å²) < 4.78 is 1.04. The van der Waals surface area contributed by atoms with Crippen molar-refractivity contribution in [1.29, 1.82) is 0 Å². The van der Waals surface area contributed by atoms with Crippen LogP contribution in [0.5, 0.6) is 0 Å². The molecular weight excluding hydrogens is 328 g/mol. The van der Waals surface area contributed by atoms with Gasteiger partial charge in [0, 0.05) is 16.1 Å². The highest BCUT2D eigenvalue weighted by Crippen LogP contribution is 2.26. The van der Waals surface area contributed by atoms with Gasteiger partial charge in [-0.2, -0.15) is 0 Å². The van der Waals surface area contributed by atoms with E-state index < -0.39 is 5.41 Å². The SMILES string of the molecule is CC(C)(Cc1ccccc1Br)C(=O)NCc1ccccn1. The summed E-state index contributed by atoms with van der Waals surface area (Å²) >= 11 is 3.53. The Hall–Kier alpha value is -1.68. The number of rotatable bonds is 5. The Labute approximate surface area is 133 Å². The number of pyridine rings is 1. The molecule has 0 saturated carbocycles. The van der Waals surface area contributed by atoms with Gasteiger partial charge in [0.25, 0.3) is 0 Å². The molecule has 0 unspecified atom stereocenters. The summed E-state index contributed by atoms with van der Waals surface area (Å²) in [5, 5.41) is 2.96. The Morgan fingerprint density at radius 1 is 1.19 bits per heavy atom. The van der Waals surface area contributed by atoms with E-state index in [-0.39, 0.29) is 5.91 Å². The van der Waals surface area contributed by atoms with Gasteiger partial charge in [0.1, 0.15) is 0 Å². The van der Waals surface area contributed by atoms with Gasteiger partial charge in [0.05, 0.1) is 12.2 Å². The second kappa shape index (κ2) is 6.85. The summed E-state index contributed by atoms with van der Waals surface area (Å²) in [7, 11) is 0. The lowest BCUT2D eigenvalue weighted by Gasteiger charge is -2.24. The summed E-state index contributed by atoms with van der Waals surface area (Å²) in [6.07, 6.45) is 2.41. The lowest BCUT2D eigenvalue weighted by atomic mass is 9.85. The molecule has 0 aliphatic rings. The topological polar surface area (TPSA) is 42.0 Å². The van der Waals surface area contributed by atoms with Crippen molar-refractivity contribution >= 4 is 21.8 Å². The molecule has 21 heavy (non-hydrogen) atoms. The van der Waals surface area contributed by atoms with Gasteiger partial charge in [-0.3, -0.25) is 9.78 Å². The van der Waals surface area contributed by atoms with E-state index in [1.54, 1.807) is 6.20 Å². The summed E-state index contributed by atoms with van der Waals surface area (Å²) in [4.78, 5) is 16.6. The number of nitrogens with zero attached hydrogens (tertiary/aromatic N) is 1. The van der Waals surface area contributed by atoms with Crippen molar-refractivity contribution in [2.75, 3.05) is 0 Å². The number of carbonyl (C=O) groups excluding carboxylic acids is 1. The second-order valence-electron chi connectivity index (χ2n) is 5.66. The largest absolute Gasteiger partial charge is 0.350 e. The fourth-order valence-corrected chi connectivity index (χ4v) is 2.54. The minimum Gasteiger partial charge on any atom is -0.350 e. The van der Waals surface area contributed by atoms with Crippen LogP contribution in [0.3, 0.4) is 0 Å². The first-order valence-corrected chi connectivity index (χ1v) is 7.70. The van der Waals surface area contributed by atoms with Gasteiger partial charge in [-0.05, 0) is 30.2 Å². The first kappa shape index (κ1) is 15.7. The highest BCUT2D eigenvalue weighted by atomic mass is 79.9. The van der Waals surface area contributed by atoms with Gasteiger partial charge in [0.15, 0.2) is 0 Å². The van der Waals surface area contributed by atoms with Crippen LogP contribution in [-0.2, 0) is 17.8 Å². The average molecular weight is 347 g/mol. The molecule has 1 aromatic carbocycles. The summed E-state index contributed by atoms with van der Waals surface area (Å²) in [5.41, 5.74) is 1.52. The van der Waals surface area contributed by atoms with Crippen LogP contribution in [-0.4, -0.2) is 10.9 Å². The smallest absolute Gasteiger partial charge is 0.226 e. The predicted octanol–water partition coefficient (Wildman–Crippen LogP) is 3.73. The zero-order valence-corrected chi connectivity index (χ0v) is 13.9. The molecule has 0 saturated heterocycles. The molecule has 1 aromatic heterocycles. The molecule has 0 aliphatic heterocycles. The number of hydrogen-bond acceptors (Lipinski definition) is 2. The van der Waals surface area contributed by atoms with E-state index in [0.717, 1.165) is 15.7 Å². The van der Waals surface area contributed by atoms with Crippen LogP contribution in [0.2, 0.25) is 0 Å². The third-order valence-corrected chi connectivity index (χ3v) is 4.13. The van der Waals surface area contributed by atoms with E-state index in [2.05, 4.69) is 26.2 Å². The molecule has 1 amide bonds. The molecule has 3 nitrogen and oxygen atoms in total. The fourth-order valence-electron chi connectivity index (χ4n) is 2.11. The van der Waals surface area contributed by atoms with Crippen LogP contribution in [0, 0.1) is 5.41 Å². The van der Waals surface area contributed by atoms with Gasteiger partial charge < -0.3 is 5.32 Å². The molecule has 2 rings (SSSR count). The van der Waals surface area contributed by atoms with Gasteiger partial charge in [-0.15, -0.1) is 0 Å². The van der Waals surface area contributed by atoms with Crippen LogP contribution in [0.15, 0.2) is 53.1 Å². The van der Waals surface area contributed by atoms with Crippen molar-refractivity contribution < 1.29 is 4.79 Å². The maximum absolute atomic E-state index is 12.4. The number of amides is 1. The number of carbonyl (C=O) groups is 1. The first-order valence-electron chi connectivity index (χ1n) is 6.91. The van der Waals surface area contributed by atoms with Crippen LogP contribution in [0.25, 0.3) is 0 Å². The Morgan fingerprint density at radius 3 is 2.57 bits per heavy atom. The van der Waals surface area contributed by atoms with Crippen LogP contribution >= 0.6 is 15.9 Å². The minimum absolute atomic E-state index is 0.0314. The van der Waals surface area contributed by atoms with Gasteiger partial charge in [0.2, 0.25) is 5.91 Å². The number of aromatic nitrogens is 1. The van der Waals surface area contributed by atoms with E-state index in [4.69, 9.17) is 0 Å². The minimum atomic E-state index is -0.474. The van der Waals surface area contributed by atoms with Gasteiger partial charge in [-0.1, -0.05) is 54.0 Å². The average Bonchev–Trinajstić information content (AvgIpc) is 2.48. The summed E-state index contributed by atoms with van der Waals surface area (Å²) in [6.45, 7) is 4.37. The second-order valence-corrected chi connectivity index (χ2v) is 6.51. The molecule has 0 atom stereocenters. The maximum atomic E-state index is 12.4. The Morgan fingerprint density at radius 2 is 1.90 bits per heavy atom. The van der Waals surface area contributed by atoms with E-state index >= 15 is 0 Å². The summed E-state index contributed by atoms with van der Waals surface area (Å²) in [6, 6.07) is 13.7. The van der Waals surface area contributed by atoms with Crippen LogP contribution in [0.1, 0.15) is 25.1 Å². The fraction of sp³-hybridized carbons (Fsp3) is 0.294. The van der Waals surface area contributed by atoms with Crippen molar-refractivity contribution in [2.45, 2.75) is 26.8 Å². The van der Waals surface area contributed by atoms with E-state index in [1.165, 1.54) is 0 Å². The monoisotopic (exact) mass is 346 g/mol.